The van der Waals surface area contributed by atoms with Gasteiger partial charge in [-0.3, -0.25) is 0 Å². The Balaban J connectivity index is 2.50. The van der Waals surface area contributed by atoms with E-state index in [1.807, 2.05) is 0 Å². The van der Waals surface area contributed by atoms with Gasteiger partial charge in [0, 0.05) is 18.1 Å². The summed E-state index contributed by atoms with van der Waals surface area (Å²) in [6.45, 7) is 0.202. The standard InChI is InChI=1S/C12H9F4NOS/c1-18-5-8-6-19-11(17-8)9-4-7(13)2-3-10(9)12(14,15)16/h2-4,6H,5H2,1H3. The molecule has 0 fully saturated rings. The third kappa shape index (κ3) is 3.10. The number of aromatic nitrogens is 1. The van der Waals surface area contributed by atoms with Crippen LogP contribution in [0.4, 0.5) is 17.6 Å². The Labute approximate surface area is 110 Å². The second-order valence-electron chi connectivity index (χ2n) is 3.76. The molecule has 0 atom stereocenters. The zero-order valence-electron chi connectivity index (χ0n) is 9.79. The fourth-order valence-electron chi connectivity index (χ4n) is 1.59. The van der Waals surface area contributed by atoms with Crippen LogP contribution in [0.1, 0.15) is 11.3 Å². The molecule has 0 bridgehead atoms. The lowest BCUT2D eigenvalue weighted by Crippen LogP contribution is -2.07. The van der Waals surface area contributed by atoms with Crippen molar-refractivity contribution in [3.8, 4) is 10.6 Å². The van der Waals surface area contributed by atoms with Crippen molar-refractivity contribution in [3.05, 3.63) is 40.7 Å². The Morgan fingerprint density at radius 2 is 2.05 bits per heavy atom. The molecule has 1 aromatic carbocycles. The highest BCUT2D eigenvalue weighted by Gasteiger charge is 2.34. The number of alkyl halides is 3. The molecule has 2 rings (SSSR count). The Morgan fingerprint density at radius 1 is 1.32 bits per heavy atom. The van der Waals surface area contributed by atoms with Gasteiger partial charge in [0.05, 0.1) is 17.9 Å². The number of nitrogens with zero attached hydrogens (tertiary/aromatic N) is 1. The third-order valence-electron chi connectivity index (χ3n) is 2.36. The van der Waals surface area contributed by atoms with Gasteiger partial charge < -0.3 is 4.74 Å². The van der Waals surface area contributed by atoms with Gasteiger partial charge in [-0.2, -0.15) is 13.2 Å². The molecule has 0 N–H and O–H groups in total. The van der Waals surface area contributed by atoms with Crippen LogP contribution in [0.25, 0.3) is 10.6 Å². The summed E-state index contributed by atoms with van der Waals surface area (Å²) in [4.78, 5) is 4.01. The van der Waals surface area contributed by atoms with Crippen LogP contribution in [0.15, 0.2) is 23.6 Å². The molecule has 102 valence electrons. The highest BCUT2D eigenvalue weighted by molar-refractivity contribution is 7.13. The van der Waals surface area contributed by atoms with Crippen molar-refractivity contribution >= 4 is 11.3 Å². The number of benzene rings is 1. The Hall–Kier alpha value is -1.47. The molecule has 1 aromatic heterocycles. The molecule has 0 saturated carbocycles. The Bertz CT molecular complexity index is 579. The van der Waals surface area contributed by atoms with Gasteiger partial charge in [0.2, 0.25) is 0 Å². The van der Waals surface area contributed by atoms with Gasteiger partial charge in [-0.15, -0.1) is 11.3 Å². The lowest BCUT2D eigenvalue weighted by molar-refractivity contribution is -0.137. The van der Waals surface area contributed by atoms with E-state index in [0.29, 0.717) is 5.69 Å². The number of rotatable bonds is 3. The molecular weight excluding hydrogens is 282 g/mol. The summed E-state index contributed by atoms with van der Waals surface area (Å²) in [5, 5.41) is 1.71. The first-order chi connectivity index (χ1) is 8.91. The highest BCUT2D eigenvalue weighted by atomic mass is 32.1. The number of hydrogen-bond acceptors (Lipinski definition) is 3. The minimum atomic E-state index is -4.55. The molecule has 2 nitrogen and oxygen atoms in total. The summed E-state index contributed by atoms with van der Waals surface area (Å²) in [7, 11) is 1.46. The van der Waals surface area contributed by atoms with Crippen molar-refractivity contribution in [2.45, 2.75) is 12.8 Å². The van der Waals surface area contributed by atoms with Gasteiger partial charge in [0.1, 0.15) is 10.8 Å². The largest absolute Gasteiger partial charge is 0.417 e. The number of methoxy groups -OCH3 is 1. The first-order valence-corrected chi connectivity index (χ1v) is 6.10. The summed E-state index contributed by atoms with van der Waals surface area (Å²) in [5.41, 5.74) is -0.632. The van der Waals surface area contributed by atoms with Crippen LogP contribution in [0.5, 0.6) is 0 Å². The number of thiazole rings is 1. The zero-order chi connectivity index (χ0) is 14.0. The van der Waals surface area contributed by atoms with Crippen LogP contribution >= 0.6 is 11.3 Å². The van der Waals surface area contributed by atoms with E-state index in [1.54, 1.807) is 5.38 Å². The minimum absolute atomic E-state index is 0.124. The average molecular weight is 291 g/mol. The molecule has 0 aliphatic heterocycles. The molecule has 0 unspecified atom stereocenters. The fraction of sp³-hybridized carbons (Fsp3) is 0.250. The van der Waals surface area contributed by atoms with E-state index >= 15 is 0 Å². The Kier molecular flexibility index (Phi) is 3.86. The SMILES string of the molecule is COCc1csc(-c2cc(F)ccc2C(F)(F)F)n1. The summed E-state index contributed by atoms with van der Waals surface area (Å²) in [5.74, 6) is -0.730. The first kappa shape index (κ1) is 14.0. The molecule has 0 aliphatic rings. The molecular formula is C12H9F4NOS. The van der Waals surface area contributed by atoms with Crippen molar-refractivity contribution in [1.82, 2.24) is 4.98 Å². The second kappa shape index (κ2) is 5.26. The van der Waals surface area contributed by atoms with E-state index in [0.717, 1.165) is 29.5 Å². The van der Waals surface area contributed by atoms with E-state index in [2.05, 4.69) is 4.98 Å². The summed E-state index contributed by atoms with van der Waals surface area (Å²) in [6.07, 6.45) is -4.55. The molecule has 7 heteroatoms. The summed E-state index contributed by atoms with van der Waals surface area (Å²) in [6, 6.07) is 2.36. The maximum atomic E-state index is 13.2. The number of ether oxygens (including phenoxy) is 1. The first-order valence-electron chi connectivity index (χ1n) is 5.22. The van der Waals surface area contributed by atoms with Crippen LogP contribution in [0, 0.1) is 5.82 Å². The molecule has 0 amide bonds. The van der Waals surface area contributed by atoms with Crippen molar-refractivity contribution < 1.29 is 22.3 Å². The van der Waals surface area contributed by atoms with Crippen molar-refractivity contribution in [1.29, 1.82) is 0 Å². The predicted molar refractivity (Wildman–Crippen MR) is 63.2 cm³/mol. The second-order valence-corrected chi connectivity index (χ2v) is 4.62. The normalized spacial score (nSPS) is 11.8. The minimum Gasteiger partial charge on any atom is -0.378 e. The highest BCUT2D eigenvalue weighted by Crippen LogP contribution is 2.38. The molecule has 0 saturated heterocycles. The van der Waals surface area contributed by atoms with E-state index in [1.165, 1.54) is 7.11 Å². The molecule has 0 spiro atoms. The number of halogens is 4. The van der Waals surface area contributed by atoms with Gasteiger partial charge >= 0.3 is 6.18 Å². The number of hydrogen-bond donors (Lipinski definition) is 0. The third-order valence-corrected chi connectivity index (χ3v) is 3.29. The molecule has 0 aliphatic carbocycles. The van der Waals surface area contributed by atoms with Crippen LogP contribution in [-0.2, 0) is 17.5 Å². The lowest BCUT2D eigenvalue weighted by atomic mass is 10.1. The van der Waals surface area contributed by atoms with Gasteiger partial charge in [-0.05, 0) is 18.2 Å². The van der Waals surface area contributed by atoms with Crippen LogP contribution in [0.3, 0.4) is 0 Å². The van der Waals surface area contributed by atoms with E-state index in [9.17, 15) is 17.6 Å². The van der Waals surface area contributed by atoms with Crippen LogP contribution < -0.4 is 0 Å². The average Bonchev–Trinajstić information content (AvgIpc) is 2.76. The topological polar surface area (TPSA) is 22.1 Å². The quantitative estimate of drug-likeness (QED) is 0.794. The van der Waals surface area contributed by atoms with Gasteiger partial charge in [-0.1, -0.05) is 0 Å². The molecule has 2 aromatic rings. The van der Waals surface area contributed by atoms with Crippen molar-refractivity contribution in [2.75, 3.05) is 7.11 Å². The van der Waals surface area contributed by atoms with Gasteiger partial charge in [0.15, 0.2) is 0 Å². The van der Waals surface area contributed by atoms with Crippen molar-refractivity contribution in [2.24, 2.45) is 0 Å². The van der Waals surface area contributed by atoms with Gasteiger partial charge in [-0.25, -0.2) is 9.37 Å². The maximum Gasteiger partial charge on any atom is 0.417 e. The predicted octanol–water partition coefficient (Wildman–Crippen LogP) is 4.11. The summed E-state index contributed by atoms with van der Waals surface area (Å²) < 4.78 is 56.6. The van der Waals surface area contributed by atoms with Crippen LogP contribution in [-0.4, -0.2) is 12.1 Å². The summed E-state index contributed by atoms with van der Waals surface area (Å²) >= 11 is 1.02. The molecule has 1 heterocycles. The van der Waals surface area contributed by atoms with E-state index in [-0.39, 0.29) is 17.2 Å². The zero-order valence-corrected chi connectivity index (χ0v) is 10.6. The van der Waals surface area contributed by atoms with E-state index in [4.69, 9.17) is 4.74 Å². The monoisotopic (exact) mass is 291 g/mol. The molecule has 0 radical (unpaired) electrons. The lowest BCUT2D eigenvalue weighted by Gasteiger charge is -2.10. The van der Waals surface area contributed by atoms with Crippen molar-refractivity contribution in [3.63, 3.8) is 0 Å². The Morgan fingerprint density at radius 3 is 2.68 bits per heavy atom. The van der Waals surface area contributed by atoms with Crippen LogP contribution in [0.2, 0.25) is 0 Å². The van der Waals surface area contributed by atoms with E-state index < -0.39 is 17.6 Å². The smallest absolute Gasteiger partial charge is 0.378 e. The molecule has 19 heavy (non-hydrogen) atoms. The maximum absolute atomic E-state index is 13.2. The fourth-order valence-corrected chi connectivity index (χ4v) is 2.42. The van der Waals surface area contributed by atoms with Gasteiger partial charge in [0.25, 0.3) is 0 Å².